The van der Waals surface area contributed by atoms with Crippen molar-refractivity contribution < 1.29 is 20.1 Å². The van der Waals surface area contributed by atoms with E-state index in [4.69, 9.17) is 14.9 Å². The largest absolute Gasteiger partial charge is 0.394 e. The summed E-state index contributed by atoms with van der Waals surface area (Å²) in [5.41, 5.74) is -0.962. The van der Waals surface area contributed by atoms with E-state index in [0.29, 0.717) is 0 Å². The molecule has 1 aliphatic rings. The molecule has 21 heavy (non-hydrogen) atoms. The molecule has 0 radical (unpaired) electrons. The van der Waals surface area contributed by atoms with Crippen molar-refractivity contribution in [2.24, 2.45) is 0 Å². The topological polar surface area (TPSA) is 125 Å². The van der Waals surface area contributed by atoms with Gasteiger partial charge in [0.15, 0.2) is 0 Å². The van der Waals surface area contributed by atoms with E-state index in [1.807, 2.05) is 0 Å². The van der Waals surface area contributed by atoms with Gasteiger partial charge in [0.25, 0.3) is 5.56 Å². The van der Waals surface area contributed by atoms with Crippen LogP contribution in [0.25, 0.3) is 0 Å². The molecule has 0 amide bonds. The van der Waals surface area contributed by atoms with Crippen LogP contribution < -0.4 is 11.2 Å². The molecule has 1 aromatic heterocycles. The highest BCUT2D eigenvalue weighted by Gasteiger charge is 2.35. The van der Waals surface area contributed by atoms with Crippen LogP contribution in [0.5, 0.6) is 0 Å². The number of nitrogens with one attached hydrogen (secondary N) is 1. The van der Waals surface area contributed by atoms with E-state index < -0.39 is 29.7 Å². The number of aliphatic hydroxyl groups is 3. The molecule has 0 bridgehead atoms. The molecule has 0 aromatic carbocycles. The highest BCUT2D eigenvalue weighted by Crippen LogP contribution is 2.27. The summed E-state index contributed by atoms with van der Waals surface area (Å²) in [4.78, 5) is 25.6. The molecule has 2 heterocycles. The fraction of sp³-hybridized carbons (Fsp3) is 0.538. The van der Waals surface area contributed by atoms with Crippen molar-refractivity contribution in [1.82, 2.24) is 9.55 Å². The Labute approximate surface area is 119 Å². The van der Waals surface area contributed by atoms with Gasteiger partial charge in [-0.05, 0) is 0 Å². The van der Waals surface area contributed by atoms with Crippen molar-refractivity contribution in [3.05, 3.63) is 32.6 Å². The normalized spacial score (nSPS) is 24.6. The first-order chi connectivity index (χ1) is 10.1. The summed E-state index contributed by atoms with van der Waals surface area (Å²) in [6.45, 7) is -0.668. The number of nitrogens with zero attached hydrogens (tertiary/aromatic N) is 1. The second-order valence-electron chi connectivity index (χ2n) is 4.62. The number of hydrogen-bond donors (Lipinski definition) is 4. The van der Waals surface area contributed by atoms with Crippen LogP contribution in [-0.2, 0) is 11.2 Å². The Bertz CT molecular complexity index is 668. The predicted octanol–water partition coefficient (Wildman–Crippen LogP) is -2.28. The molecule has 3 atom stereocenters. The second-order valence-corrected chi connectivity index (χ2v) is 4.62. The lowest BCUT2D eigenvalue weighted by molar-refractivity contribution is -0.0459. The number of hydrogen-bond acceptors (Lipinski definition) is 6. The number of H-pyrrole nitrogens is 1. The van der Waals surface area contributed by atoms with Crippen molar-refractivity contribution in [3.63, 3.8) is 0 Å². The first-order valence-electron chi connectivity index (χ1n) is 6.42. The maximum absolute atomic E-state index is 11.8. The van der Waals surface area contributed by atoms with Crippen LogP contribution in [0.2, 0.25) is 0 Å². The molecule has 0 saturated carbocycles. The Kier molecular flexibility index (Phi) is 4.93. The van der Waals surface area contributed by atoms with Crippen molar-refractivity contribution in [2.45, 2.75) is 31.3 Å². The number of aromatic amines is 1. The van der Waals surface area contributed by atoms with Crippen molar-refractivity contribution in [2.75, 3.05) is 13.2 Å². The third-order valence-corrected chi connectivity index (χ3v) is 3.22. The summed E-state index contributed by atoms with van der Waals surface area (Å²) in [6.07, 6.45) is -0.855. The minimum Gasteiger partial charge on any atom is -0.394 e. The van der Waals surface area contributed by atoms with Crippen LogP contribution in [0.3, 0.4) is 0 Å². The quantitative estimate of drug-likeness (QED) is 0.466. The maximum atomic E-state index is 11.8. The van der Waals surface area contributed by atoms with Crippen molar-refractivity contribution in [1.29, 1.82) is 0 Å². The van der Waals surface area contributed by atoms with Gasteiger partial charge in [-0.2, -0.15) is 0 Å². The summed E-state index contributed by atoms with van der Waals surface area (Å²) >= 11 is 0. The molecule has 0 aliphatic carbocycles. The molecule has 8 nitrogen and oxygen atoms in total. The summed E-state index contributed by atoms with van der Waals surface area (Å²) in [5, 5.41) is 27.3. The molecule has 1 fully saturated rings. The van der Waals surface area contributed by atoms with Gasteiger partial charge in [0.05, 0.1) is 12.7 Å². The minimum atomic E-state index is -0.878. The summed E-state index contributed by atoms with van der Waals surface area (Å²) in [5.74, 6) is 5.00. The fourth-order valence-electron chi connectivity index (χ4n) is 2.13. The first-order valence-corrected chi connectivity index (χ1v) is 6.42. The number of aromatic nitrogens is 2. The lowest BCUT2D eigenvalue weighted by Crippen LogP contribution is -2.34. The van der Waals surface area contributed by atoms with Gasteiger partial charge < -0.3 is 20.1 Å². The number of rotatable bonds is 3. The van der Waals surface area contributed by atoms with E-state index in [0.717, 1.165) is 4.57 Å². The van der Waals surface area contributed by atoms with E-state index in [9.17, 15) is 14.7 Å². The minimum absolute atomic E-state index is 0.0782. The SMILES string of the molecule is O=c1[nH]c(=O)n([C@H]2C[C@H](O)[C@@H](CO)O2)cc1CC#CCO. The Morgan fingerprint density at radius 3 is 2.76 bits per heavy atom. The van der Waals surface area contributed by atoms with Crippen LogP contribution >= 0.6 is 0 Å². The van der Waals surface area contributed by atoms with Crippen molar-refractivity contribution in [3.8, 4) is 11.8 Å². The van der Waals surface area contributed by atoms with Crippen molar-refractivity contribution >= 4 is 0 Å². The monoisotopic (exact) mass is 296 g/mol. The molecule has 4 N–H and O–H groups in total. The zero-order valence-electron chi connectivity index (χ0n) is 11.2. The Hall–Kier alpha value is -1.92. The molecular formula is C13H16N2O6. The molecule has 1 aromatic rings. The molecular weight excluding hydrogens is 280 g/mol. The average molecular weight is 296 g/mol. The Morgan fingerprint density at radius 1 is 1.38 bits per heavy atom. The molecule has 8 heteroatoms. The van der Waals surface area contributed by atoms with Crippen LogP contribution in [0.1, 0.15) is 18.2 Å². The van der Waals surface area contributed by atoms with Gasteiger partial charge in [0, 0.05) is 24.6 Å². The summed E-state index contributed by atoms with van der Waals surface area (Å²) in [7, 11) is 0. The summed E-state index contributed by atoms with van der Waals surface area (Å²) < 4.78 is 6.54. The molecule has 1 saturated heterocycles. The Morgan fingerprint density at radius 2 is 2.14 bits per heavy atom. The van der Waals surface area contributed by atoms with Crippen LogP contribution in [0.15, 0.2) is 15.8 Å². The number of aliphatic hydroxyl groups excluding tert-OH is 3. The molecule has 0 unspecified atom stereocenters. The van der Waals surface area contributed by atoms with E-state index in [-0.39, 0.29) is 31.6 Å². The van der Waals surface area contributed by atoms with Crippen LogP contribution in [-0.4, -0.2) is 50.3 Å². The van der Waals surface area contributed by atoms with Gasteiger partial charge in [0.2, 0.25) is 0 Å². The third kappa shape index (κ3) is 3.40. The molecule has 114 valence electrons. The van der Waals surface area contributed by atoms with E-state index in [1.54, 1.807) is 0 Å². The molecule has 0 spiro atoms. The van der Waals surface area contributed by atoms with Gasteiger partial charge in [-0.3, -0.25) is 14.3 Å². The lowest BCUT2D eigenvalue weighted by atomic mass is 10.2. The van der Waals surface area contributed by atoms with Crippen LogP contribution in [0.4, 0.5) is 0 Å². The van der Waals surface area contributed by atoms with Gasteiger partial charge in [0.1, 0.15) is 18.9 Å². The summed E-state index contributed by atoms with van der Waals surface area (Å²) in [6, 6.07) is 0. The van der Waals surface area contributed by atoms with Gasteiger partial charge in [-0.15, -0.1) is 0 Å². The first kappa shape index (κ1) is 15.5. The zero-order valence-corrected chi connectivity index (χ0v) is 11.2. The van der Waals surface area contributed by atoms with Gasteiger partial charge in [-0.25, -0.2) is 4.79 Å². The predicted molar refractivity (Wildman–Crippen MR) is 71.5 cm³/mol. The number of ether oxygens (including phenoxy) is 1. The van der Waals surface area contributed by atoms with E-state index in [2.05, 4.69) is 16.8 Å². The second kappa shape index (κ2) is 6.69. The van der Waals surface area contributed by atoms with Crippen LogP contribution in [0, 0.1) is 11.8 Å². The average Bonchev–Trinajstić information content (AvgIpc) is 2.82. The van der Waals surface area contributed by atoms with Gasteiger partial charge in [-0.1, -0.05) is 11.8 Å². The third-order valence-electron chi connectivity index (χ3n) is 3.22. The highest BCUT2D eigenvalue weighted by atomic mass is 16.5. The molecule has 2 rings (SSSR count). The van der Waals surface area contributed by atoms with Gasteiger partial charge >= 0.3 is 5.69 Å². The highest BCUT2D eigenvalue weighted by molar-refractivity contribution is 5.15. The Balaban J connectivity index is 2.30. The lowest BCUT2D eigenvalue weighted by Gasteiger charge is -2.14. The van der Waals surface area contributed by atoms with E-state index in [1.165, 1.54) is 6.20 Å². The van der Waals surface area contributed by atoms with E-state index >= 15 is 0 Å². The smallest absolute Gasteiger partial charge is 0.330 e. The standard InChI is InChI=1S/C13H16N2O6/c16-4-2-1-3-8-6-15(13(20)14-12(8)19)11-5-9(18)10(7-17)21-11/h6,9-11,16-18H,3-5,7H2,(H,14,19,20)/t9-,10+,11+/m0/s1. The fourth-order valence-corrected chi connectivity index (χ4v) is 2.13. The maximum Gasteiger partial charge on any atom is 0.330 e. The zero-order chi connectivity index (χ0) is 15.4. The molecule has 1 aliphatic heterocycles.